The fourth-order valence-electron chi connectivity index (χ4n) is 2.00. The topological polar surface area (TPSA) is 52.6 Å². The summed E-state index contributed by atoms with van der Waals surface area (Å²) >= 11 is 0. The van der Waals surface area contributed by atoms with Gasteiger partial charge in [0.2, 0.25) is 0 Å². The summed E-state index contributed by atoms with van der Waals surface area (Å²) < 4.78 is 10.3. The molecule has 0 amide bonds. The van der Waals surface area contributed by atoms with E-state index in [0.717, 1.165) is 17.5 Å². The van der Waals surface area contributed by atoms with Crippen molar-refractivity contribution < 1.29 is 19.1 Å². The Morgan fingerprint density at radius 1 is 1.05 bits per heavy atom. The Balaban J connectivity index is 3.19. The van der Waals surface area contributed by atoms with Crippen molar-refractivity contribution in [3.63, 3.8) is 0 Å². The van der Waals surface area contributed by atoms with Gasteiger partial charge in [0.15, 0.2) is 0 Å². The summed E-state index contributed by atoms with van der Waals surface area (Å²) in [5.41, 5.74) is 2.57. The van der Waals surface area contributed by atoms with E-state index in [2.05, 4.69) is 0 Å². The highest BCUT2D eigenvalue weighted by molar-refractivity contribution is 6.03. The van der Waals surface area contributed by atoms with E-state index < -0.39 is 11.9 Å². The van der Waals surface area contributed by atoms with E-state index in [-0.39, 0.29) is 23.7 Å². The number of ether oxygens (including phenoxy) is 2. The minimum Gasteiger partial charge on any atom is -0.462 e. The Hall–Kier alpha value is -1.84. The number of carbonyl (C=O) groups is 2. The first-order valence-electron chi connectivity index (χ1n) is 7.38. The van der Waals surface area contributed by atoms with Crippen molar-refractivity contribution in [1.82, 2.24) is 0 Å². The minimum absolute atomic E-state index is 0.246. The maximum Gasteiger partial charge on any atom is 0.339 e. The lowest BCUT2D eigenvalue weighted by Crippen LogP contribution is -2.17. The summed E-state index contributed by atoms with van der Waals surface area (Å²) in [7, 11) is 0. The standard InChI is InChI=1S/C17H24O4/c1-6-13-9-15(17(19)21-10-11(3)4)14(8-12(13)5)16(18)20-7-2/h8-9,11H,6-7,10H2,1-5H3. The van der Waals surface area contributed by atoms with Gasteiger partial charge in [-0.1, -0.05) is 20.8 Å². The molecule has 1 rings (SSSR count). The SMILES string of the molecule is CCOC(=O)c1cc(C)c(CC)cc1C(=O)OCC(C)C. The number of aryl methyl sites for hydroxylation is 2. The molecule has 0 aliphatic heterocycles. The van der Waals surface area contributed by atoms with Crippen LogP contribution >= 0.6 is 0 Å². The van der Waals surface area contributed by atoms with Crippen molar-refractivity contribution in [3.05, 3.63) is 34.4 Å². The number of rotatable bonds is 6. The van der Waals surface area contributed by atoms with E-state index in [0.29, 0.717) is 6.61 Å². The zero-order chi connectivity index (χ0) is 16.0. The van der Waals surface area contributed by atoms with Crippen molar-refractivity contribution in [2.24, 2.45) is 5.92 Å². The second-order valence-electron chi connectivity index (χ2n) is 5.39. The van der Waals surface area contributed by atoms with Crippen LogP contribution in [0.4, 0.5) is 0 Å². The molecular weight excluding hydrogens is 268 g/mol. The lowest BCUT2D eigenvalue weighted by molar-refractivity contribution is 0.0434. The largest absolute Gasteiger partial charge is 0.462 e. The molecule has 1 aromatic carbocycles. The maximum atomic E-state index is 12.2. The molecule has 0 radical (unpaired) electrons. The summed E-state index contributed by atoms with van der Waals surface area (Å²) in [5, 5.41) is 0. The van der Waals surface area contributed by atoms with Gasteiger partial charge in [-0.25, -0.2) is 9.59 Å². The van der Waals surface area contributed by atoms with Crippen molar-refractivity contribution in [2.45, 2.75) is 41.0 Å². The molecule has 21 heavy (non-hydrogen) atoms. The van der Waals surface area contributed by atoms with Crippen molar-refractivity contribution in [1.29, 1.82) is 0 Å². The molecule has 116 valence electrons. The first-order chi connectivity index (χ1) is 9.90. The molecule has 0 aliphatic rings. The van der Waals surface area contributed by atoms with Crippen LogP contribution < -0.4 is 0 Å². The van der Waals surface area contributed by atoms with Crippen LogP contribution in [0, 0.1) is 12.8 Å². The first kappa shape index (κ1) is 17.2. The molecule has 0 heterocycles. The fourth-order valence-corrected chi connectivity index (χ4v) is 2.00. The molecule has 0 aromatic heterocycles. The average molecular weight is 292 g/mol. The van der Waals surface area contributed by atoms with Gasteiger partial charge in [0, 0.05) is 0 Å². The zero-order valence-electron chi connectivity index (χ0n) is 13.5. The monoisotopic (exact) mass is 292 g/mol. The number of carbonyl (C=O) groups excluding carboxylic acids is 2. The van der Waals surface area contributed by atoms with Gasteiger partial charge in [0.1, 0.15) is 0 Å². The number of esters is 2. The molecule has 0 unspecified atom stereocenters. The third-order valence-corrected chi connectivity index (χ3v) is 3.12. The number of hydrogen-bond acceptors (Lipinski definition) is 4. The predicted octanol–water partition coefficient (Wildman–Crippen LogP) is 3.55. The molecular formula is C17H24O4. The third kappa shape index (κ3) is 4.59. The summed E-state index contributed by atoms with van der Waals surface area (Å²) in [5.74, 6) is -0.711. The van der Waals surface area contributed by atoms with Crippen molar-refractivity contribution in [2.75, 3.05) is 13.2 Å². The highest BCUT2D eigenvalue weighted by Crippen LogP contribution is 2.20. The van der Waals surface area contributed by atoms with E-state index in [9.17, 15) is 9.59 Å². The molecule has 4 heteroatoms. The summed E-state index contributed by atoms with van der Waals surface area (Å²) in [6.45, 7) is 10.2. The summed E-state index contributed by atoms with van der Waals surface area (Å²) in [4.78, 5) is 24.3. The van der Waals surface area contributed by atoms with Crippen LogP contribution in [0.1, 0.15) is 59.5 Å². The molecule has 0 atom stereocenters. The quantitative estimate of drug-likeness (QED) is 0.752. The van der Waals surface area contributed by atoms with Crippen molar-refractivity contribution in [3.8, 4) is 0 Å². The lowest BCUT2D eigenvalue weighted by Gasteiger charge is -2.13. The molecule has 0 spiro atoms. The van der Waals surface area contributed by atoms with Gasteiger partial charge < -0.3 is 9.47 Å². The molecule has 0 aliphatic carbocycles. The molecule has 0 saturated heterocycles. The molecule has 0 bridgehead atoms. The van der Waals surface area contributed by atoms with E-state index in [1.54, 1.807) is 19.1 Å². The average Bonchev–Trinajstić information content (AvgIpc) is 2.44. The fraction of sp³-hybridized carbons (Fsp3) is 0.529. The van der Waals surface area contributed by atoms with E-state index in [4.69, 9.17) is 9.47 Å². The molecule has 0 fully saturated rings. The first-order valence-corrected chi connectivity index (χ1v) is 7.38. The summed E-state index contributed by atoms with van der Waals surface area (Å²) in [6.07, 6.45) is 0.791. The van der Waals surface area contributed by atoms with Crippen LogP contribution in [0.2, 0.25) is 0 Å². The highest BCUT2D eigenvalue weighted by atomic mass is 16.5. The van der Waals surface area contributed by atoms with Crippen LogP contribution in [-0.2, 0) is 15.9 Å². The normalized spacial score (nSPS) is 10.6. The van der Waals surface area contributed by atoms with Crippen LogP contribution in [0.3, 0.4) is 0 Å². The van der Waals surface area contributed by atoms with Gasteiger partial charge >= 0.3 is 11.9 Å². The Bertz CT molecular complexity index is 518. The highest BCUT2D eigenvalue weighted by Gasteiger charge is 2.21. The van der Waals surface area contributed by atoms with Gasteiger partial charge in [0.25, 0.3) is 0 Å². The van der Waals surface area contributed by atoms with E-state index in [1.807, 2.05) is 27.7 Å². The molecule has 0 saturated carbocycles. The second kappa shape index (κ2) is 7.81. The Kier molecular flexibility index (Phi) is 6.40. The van der Waals surface area contributed by atoms with Gasteiger partial charge in [-0.2, -0.15) is 0 Å². The molecule has 0 N–H and O–H groups in total. The Morgan fingerprint density at radius 2 is 1.62 bits per heavy atom. The number of benzene rings is 1. The van der Waals surface area contributed by atoms with Crippen LogP contribution in [-0.4, -0.2) is 25.2 Å². The van der Waals surface area contributed by atoms with E-state index in [1.165, 1.54) is 0 Å². The molecule has 4 nitrogen and oxygen atoms in total. The van der Waals surface area contributed by atoms with Crippen molar-refractivity contribution >= 4 is 11.9 Å². The zero-order valence-corrected chi connectivity index (χ0v) is 13.5. The maximum absolute atomic E-state index is 12.2. The lowest BCUT2D eigenvalue weighted by atomic mass is 9.97. The summed E-state index contributed by atoms with van der Waals surface area (Å²) in [6, 6.07) is 3.45. The van der Waals surface area contributed by atoms with Crippen LogP contribution in [0.25, 0.3) is 0 Å². The second-order valence-corrected chi connectivity index (χ2v) is 5.39. The van der Waals surface area contributed by atoms with Crippen LogP contribution in [0.5, 0.6) is 0 Å². The van der Waals surface area contributed by atoms with Gasteiger partial charge in [0.05, 0.1) is 24.3 Å². The van der Waals surface area contributed by atoms with Gasteiger partial charge in [-0.05, 0) is 49.4 Å². The molecule has 1 aromatic rings. The third-order valence-electron chi connectivity index (χ3n) is 3.12. The van der Waals surface area contributed by atoms with E-state index >= 15 is 0 Å². The Morgan fingerprint density at radius 3 is 2.14 bits per heavy atom. The Labute approximate surface area is 126 Å². The van der Waals surface area contributed by atoms with Gasteiger partial charge in [-0.15, -0.1) is 0 Å². The smallest absolute Gasteiger partial charge is 0.339 e. The van der Waals surface area contributed by atoms with Gasteiger partial charge in [-0.3, -0.25) is 0 Å². The predicted molar refractivity (Wildman–Crippen MR) is 81.6 cm³/mol. The minimum atomic E-state index is -0.486. The van der Waals surface area contributed by atoms with Crippen LogP contribution in [0.15, 0.2) is 12.1 Å². The number of hydrogen-bond donors (Lipinski definition) is 0.